The van der Waals surface area contributed by atoms with E-state index >= 15 is 0 Å². The maximum absolute atomic E-state index is 11.8. The van der Waals surface area contributed by atoms with Crippen LogP contribution in [-0.2, 0) is 9.59 Å². The second-order valence-electron chi connectivity index (χ2n) is 4.50. The second kappa shape index (κ2) is 4.49. The van der Waals surface area contributed by atoms with Gasteiger partial charge in [0.05, 0.1) is 5.92 Å². The molecule has 1 heterocycles. The van der Waals surface area contributed by atoms with E-state index in [9.17, 15) is 9.59 Å². The Morgan fingerprint density at radius 2 is 2.12 bits per heavy atom. The van der Waals surface area contributed by atoms with Crippen LogP contribution in [0.25, 0.3) is 0 Å². The lowest BCUT2D eigenvalue weighted by Crippen LogP contribution is -2.25. The van der Waals surface area contributed by atoms with Crippen molar-refractivity contribution in [2.45, 2.75) is 20.3 Å². The first-order valence-corrected chi connectivity index (χ1v) is 5.94. The molecular formula is C13H14ClNO2. The molecule has 4 heteroatoms. The van der Waals surface area contributed by atoms with Crippen LogP contribution in [0, 0.1) is 19.8 Å². The number of anilines is 1. The summed E-state index contributed by atoms with van der Waals surface area (Å²) in [4.78, 5) is 24.6. The molecule has 1 aromatic rings. The highest BCUT2D eigenvalue weighted by molar-refractivity contribution is 6.64. The first-order chi connectivity index (χ1) is 7.99. The Hall–Kier alpha value is -1.35. The van der Waals surface area contributed by atoms with E-state index < -0.39 is 5.24 Å². The molecule has 0 aromatic heterocycles. The summed E-state index contributed by atoms with van der Waals surface area (Å²) in [5, 5.41) is -0.425. The summed E-state index contributed by atoms with van der Waals surface area (Å²) in [5.74, 6) is -0.402. The summed E-state index contributed by atoms with van der Waals surface area (Å²) in [5.41, 5.74) is 3.07. The number of benzene rings is 1. The van der Waals surface area contributed by atoms with E-state index in [0.717, 1.165) is 16.8 Å². The molecule has 1 fully saturated rings. The van der Waals surface area contributed by atoms with Crippen LogP contribution in [0.5, 0.6) is 0 Å². The van der Waals surface area contributed by atoms with Crippen molar-refractivity contribution in [3.63, 3.8) is 0 Å². The van der Waals surface area contributed by atoms with Gasteiger partial charge in [-0.1, -0.05) is 17.7 Å². The number of carbonyl (C=O) groups is 2. The Kier molecular flexibility index (Phi) is 3.20. The number of amides is 1. The van der Waals surface area contributed by atoms with Gasteiger partial charge in [0.15, 0.2) is 0 Å². The molecule has 0 radical (unpaired) electrons. The largest absolute Gasteiger partial charge is 0.311 e. The fraction of sp³-hybridized carbons (Fsp3) is 0.385. The summed E-state index contributed by atoms with van der Waals surface area (Å²) in [6.45, 7) is 4.37. The predicted molar refractivity (Wildman–Crippen MR) is 67.2 cm³/mol. The summed E-state index contributed by atoms with van der Waals surface area (Å²) < 4.78 is 0. The minimum atomic E-state index is -0.425. The van der Waals surface area contributed by atoms with Crippen molar-refractivity contribution in [2.75, 3.05) is 11.4 Å². The summed E-state index contributed by atoms with van der Waals surface area (Å²) in [6.07, 6.45) is 0.218. The molecule has 0 N–H and O–H groups in total. The van der Waals surface area contributed by atoms with Crippen molar-refractivity contribution in [1.29, 1.82) is 0 Å². The highest BCUT2D eigenvalue weighted by Gasteiger charge is 2.34. The number of hydrogen-bond acceptors (Lipinski definition) is 2. The van der Waals surface area contributed by atoms with Gasteiger partial charge in [0.1, 0.15) is 0 Å². The lowest BCUT2D eigenvalue weighted by molar-refractivity contribution is -0.120. The molecule has 0 bridgehead atoms. The molecule has 1 aliphatic rings. The summed E-state index contributed by atoms with van der Waals surface area (Å²) in [6, 6.07) is 5.91. The summed E-state index contributed by atoms with van der Waals surface area (Å²) in [7, 11) is 0. The highest BCUT2D eigenvalue weighted by Crippen LogP contribution is 2.29. The smallest absolute Gasteiger partial charge is 0.227 e. The van der Waals surface area contributed by atoms with Crippen LogP contribution in [0.4, 0.5) is 5.69 Å². The van der Waals surface area contributed by atoms with Crippen molar-refractivity contribution in [3.8, 4) is 0 Å². The van der Waals surface area contributed by atoms with E-state index in [1.807, 2.05) is 32.0 Å². The van der Waals surface area contributed by atoms with Crippen molar-refractivity contribution in [3.05, 3.63) is 29.3 Å². The lowest BCUT2D eigenvalue weighted by atomic mass is 10.1. The number of nitrogens with zero attached hydrogens (tertiary/aromatic N) is 1. The predicted octanol–water partition coefficient (Wildman–Crippen LogP) is 2.42. The molecular weight excluding hydrogens is 238 g/mol. The third-order valence-corrected chi connectivity index (χ3v) is 3.40. The SMILES string of the molecule is Cc1ccc(N2C[C@@H](C(=O)Cl)CC2=O)c(C)c1. The molecule has 0 aliphatic carbocycles. The fourth-order valence-corrected chi connectivity index (χ4v) is 2.35. The minimum absolute atomic E-state index is 0.0315. The van der Waals surface area contributed by atoms with Gasteiger partial charge in [0.2, 0.25) is 11.1 Å². The average molecular weight is 252 g/mol. The number of hydrogen-bond donors (Lipinski definition) is 0. The molecule has 90 valence electrons. The molecule has 0 saturated carbocycles. The minimum Gasteiger partial charge on any atom is -0.311 e. The van der Waals surface area contributed by atoms with Crippen molar-refractivity contribution in [1.82, 2.24) is 0 Å². The Bertz CT molecular complexity index is 484. The topological polar surface area (TPSA) is 37.4 Å². The van der Waals surface area contributed by atoms with E-state index in [1.54, 1.807) is 4.90 Å². The Morgan fingerprint density at radius 1 is 1.41 bits per heavy atom. The number of aryl methyl sites for hydroxylation is 2. The zero-order valence-corrected chi connectivity index (χ0v) is 10.6. The zero-order valence-electron chi connectivity index (χ0n) is 9.87. The van der Waals surface area contributed by atoms with E-state index in [2.05, 4.69) is 0 Å². The van der Waals surface area contributed by atoms with Gasteiger partial charge in [0.25, 0.3) is 0 Å². The van der Waals surface area contributed by atoms with Crippen LogP contribution in [0.3, 0.4) is 0 Å². The molecule has 17 heavy (non-hydrogen) atoms. The van der Waals surface area contributed by atoms with Gasteiger partial charge in [-0.2, -0.15) is 0 Å². The van der Waals surface area contributed by atoms with Gasteiger partial charge in [-0.15, -0.1) is 0 Å². The molecule has 1 saturated heterocycles. The van der Waals surface area contributed by atoms with Crippen LogP contribution >= 0.6 is 11.6 Å². The Balaban J connectivity index is 2.29. The average Bonchev–Trinajstić information content (AvgIpc) is 2.61. The number of rotatable bonds is 2. The van der Waals surface area contributed by atoms with Gasteiger partial charge in [-0.05, 0) is 37.1 Å². The number of halogens is 1. The second-order valence-corrected chi connectivity index (χ2v) is 4.87. The van der Waals surface area contributed by atoms with Crippen LogP contribution in [0.1, 0.15) is 17.5 Å². The molecule has 1 aliphatic heterocycles. The number of carbonyl (C=O) groups excluding carboxylic acids is 2. The van der Waals surface area contributed by atoms with Gasteiger partial charge in [-0.3, -0.25) is 9.59 Å². The summed E-state index contributed by atoms with van der Waals surface area (Å²) >= 11 is 5.45. The maximum atomic E-state index is 11.8. The fourth-order valence-electron chi connectivity index (χ4n) is 2.20. The van der Waals surface area contributed by atoms with E-state index in [-0.39, 0.29) is 18.2 Å². The monoisotopic (exact) mass is 251 g/mol. The van der Waals surface area contributed by atoms with Crippen LogP contribution in [-0.4, -0.2) is 17.7 Å². The molecule has 3 nitrogen and oxygen atoms in total. The van der Waals surface area contributed by atoms with Crippen LogP contribution < -0.4 is 4.90 Å². The van der Waals surface area contributed by atoms with Crippen molar-refractivity contribution >= 4 is 28.4 Å². The third kappa shape index (κ3) is 2.34. The third-order valence-electron chi connectivity index (χ3n) is 3.09. The Labute approximate surface area is 105 Å². The highest BCUT2D eigenvalue weighted by atomic mass is 35.5. The maximum Gasteiger partial charge on any atom is 0.227 e. The standard InChI is InChI=1S/C13H14ClNO2/c1-8-3-4-11(9(2)5-8)15-7-10(13(14)17)6-12(15)16/h3-5,10H,6-7H2,1-2H3/t10-/m0/s1. The van der Waals surface area contributed by atoms with Crippen molar-refractivity contribution < 1.29 is 9.59 Å². The molecule has 2 rings (SSSR count). The zero-order chi connectivity index (χ0) is 12.6. The van der Waals surface area contributed by atoms with Crippen LogP contribution in [0.15, 0.2) is 18.2 Å². The van der Waals surface area contributed by atoms with Gasteiger partial charge < -0.3 is 4.90 Å². The van der Waals surface area contributed by atoms with E-state index in [4.69, 9.17) is 11.6 Å². The quantitative estimate of drug-likeness (QED) is 0.757. The molecule has 1 amide bonds. The molecule has 0 spiro atoms. The van der Waals surface area contributed by atoms with E-state index in [1.165, 1.54) is 0 Å². The van der Waals surface area contributed by atoms with Crippen molar-refractivity contribution in [2.24, 2.45) is 5.92 Å². The molecule has 1 aromatic carbocycles. The lowest BCUT2D eigenvalue weighted by Gasteiger charge is -2.19. The Morgan fingerprint density at radius 3 is 2.65 bits per heavy atom. The van der Waals surface area contributed by atoms with Crippen LogP contribution in [0.2, 0.25) is 0 Å². The molecule has 0 unspecified atom stereocenters. The van der Waals surface area contributed by atoms with E-state index in [0.29, 0.717) is 6.54 Å². The van der Waals surface area contributed by atoms with Gasteiger partial charge >= 0.3 is 0 Å². The first-order valence-electron chi connectivity index (χ1n) is 5.56. The van der Waals surface area contributed by atoms with Gasteiger partial charge in [-0.25, -0.2) is 0 Å². The first kappa shape index (κ1) is 12.1. The normalized spacial score (nSPS) is 19.8. The van der Waals surface area contributed by atoms with Gasteiger partial charge in [0, 0.05) is 18.7 Å². The molecule has 1 atom stereocenters.